The molecule has 2 rings (SSSR count). The lowest BCUT2D eigenvalue weighted by Gasteiger charge is -2.35. The number of carbonyl (C=O) groups excluding carboxylic acids is 2. The number of carbonyl (C=O) groups is 2. The van der Waals surface area contributed by atoms with Crippen LogP contribution in [-0.4, -0.2) is 47.3 Å². The van der Waals surface area contributed by atoms with Crippen LogP contribution in [0.1, 0.15) is 27.6 Å². The first-order chi connectivity index (χ1) is 10.5. The van der Waals surface area contributed by atoms with Gasteiger partial charge in [-0.1, -0.05) is 0 Å². The van der Waals surface area contributed by atoms with Crippen molar-refractivity contribution in [1.29, 1.82) is 0 Å². The highest BCUT2D eigenvalue weighted by atomic mass is 32.2. The van der Waals surface area contributed by atoms with E-state index in [1.807, 2.05) is 31.1 Å². The lowest BCUT2D eigenvalue weighted by Crippen LogP contribution is -2.42. The Morgan fingerprint density at radius 3 is 2.27 bits per heavy atom. The molecule has 0 fully saturated rings. The van der Waals surface area contributed by atoms with Gasteiger partial charge in [0.05, 0.1) is 10.5 Å². The number of rotatable bonds is 5. The van der Waals surface area contributed by atoms with Crippen LogP contribution < -0.4 is 4.74 Å². The fraction of sp³-hybridized carbons (Fsp3) is 0.467. The van der Waals surface area contributed by atoms with Gasteiger partial charge in [-0.2, -0.15) is 0 Å². The summed E-state index contributed by atoms with van der Waals surface area (Å²) >= 11 is 5.93. The molecule has 0 saturated heterocycles. The molecule has 1 heterocycles. The van der Waals surface area contributed by atoms with E-state index in [-0.39, 0.29) is 11.6 Å². The van der Waals surface area contributed by atoms with Gasteiger partial charge in [0.25, 0.3) is 0 Å². The maximum absolute atomic E-state index is 13.2. The zero-order valence-electron chi connectivity index (χ0n) is 13.1. The summed E-state index contributed by atoms with van der Waals surface area (Å²) in [4.78, 5) is 26.8. The predicted molar refractivity (Wildman–Crippen MR) is 99.6 cm³/mol. The van der Waals surface area contributed by atoms with E-state index in [4.69, 9.17) is 4.74 Å². The molecule has 0 saturated carbocycles. The molecule has 0 atom stereocenters. The highest BCUT2D eigenvalue weighted by Gasteiger charge is 2.45. The quantitative estimate of drug-likeness (QED) is 0.432. The molecule has 3 nitrogen and oxygen atoms in total. The number of hydrogen-bond acceptors (Lipinski definition) is 7. The van der Waals surface area contributed by atoms with Gasteiger partial charge in [-0.15, -0.1) is 47.0 Å². The maximum Gasteiger partial charge on any atom is 0.197 e. The van der Waals surface area contributed by atoms with Crippen molar-refractivity contribution in [2.24, 2.45) is 0 Å². The third-order valence-corrected chi connectivity index (χ3v) is 8.14. The number of Topliss-reactive ketones (excluding diaryl/α,β-unsaturated/α-hetero) is 2. The van der Waals surface area contributed by atoms with E-state index >= 15 is 0 Å². The molecular formula is C15H18O3S4. The van der Waals surface area contributed by atoms with Crippen molar-refractivity contribution in [3.05, 3.63) is 17.2 Å². The van der Waals surface area contributed by atoms with Gasteiger partial charge in [0, 0.05) is 10.5 Å². The second-order valence-electron chi connectivity index (χ2n) is 4.70. The van der Waals surface area contributed by atoms with Gasteiger partial charge in [-0.25, -0.2) is 0 Å². The Labute approximate surface area is 148 Å². The zero-order valence-corrected chi connectivity index (χ0v) is 16.4. The number of fused-ring (bicyclic) bond motifs is 1. The van der Waals surface area contributed by atoms with Crippen molar-refractivity contribution in [2.45, 2.75) is 20.8 Å². The molecule has 0 spiro atoms. The normalized spacial score (nSPS) is 16.1. The van der Waals surface area contributed by atoms with Crippen LogP contribution >= 0.6 is 47.0 Å². The van der Waals surface area contributed by atoms with Gasteiger partial charge in [0.1, 0.15) is 12.4 Å². The first-order valence-electron chi connectivity index (χ1n) is 6.53. The molecule has 1 aromatic carbocycles. The summed E-state index contributed by atoms with van der Waals surface area (Å²) in [7, 11) is 0. The first kappa shape index (κ1) is 18.1. The average molecular weight is 375 g/mol. The molecule has 0 radical (unpaired) electrons. The van der Waals surface area contributed by atoms with Crippen molar-refractivity contribution in [3.8, 4) is 5.75 Å². The highest BCUT2D eigenvalue weighted by molar-refractivity contribution is 8.18. The monoisotopic (exact) mass is 374 g/mol. The Kier molecular flexibility index (Phi) is 5.85. The van der Waals surface area contributed by atoms with Crippen LogP contribution in [0.3, 0.4) is 0 Å². The number of benzene rings is 1. The number of thioether (sulfide) groups is 4. The molecule has 0 bridgehead atoms. The second kappa shape index (κ2) is 7.11. The molecule has 7 heteroatoms. The number of ether oxygens (including phenoxy) is 1. The van der Waals surface area contributed by atoms with E-state index in [2.05, 4.69) is 0 Å². The van der Waals surface area contributed by atoms with E-state index < -0.39 is 4.08 Å². The lowest BCUT2D eigenvalue weighted by molar-refractivity contribution is 0.0919. The van der Waals surface area contributed by atoms with E-state index in [0.29, 0.717) is 23.5 Å². The minimum absolute atomic E-state index is 0.0280. The summed E-state index contributed by atoms with van der Waals surface area (Å²) in [5.74, 6) is 0.654. The van der Waals surface area contributed by atoms with Crippen molar-refractivity contribution >= 4 is 58.6 Å². The SMILES string of the molecule is CSc1cc(C(C)=O)c(SC)c2c1OCC(SC)(SC)C2=O. The van der Waals surface area contributed by atoms with Crippen LogP contribution in [0.25, 0.3) is 0 Å². The van der Waals surface area contributed by atoms with Crippen LogP contribution in [-0.2, 0) is 0 Å². The summed E-state index contributed by atoms with van der Waals surface area (Å²) in [5, 5.41) is 0. The summed E-state index contributed by atoms with van der Waals surface area (Å²) in [5.41, 5.74) is 1.17. The van der Waals surface area contributed by atoms with Crippen molar-refractivity contribution in [1.82, 2.24) is 0 Å². The Morgan fingerprint density at radius 2 is 1.82 bits per heavy atom. The third kappa shape index (κ3) is 2.81. The van der Waals surface area contributed by atoms with Crippen molar-refractivity contribution < 1.29 is 14.3 Å². The van der Waals surface area contributed by atoms with E-state index in [1.54, 1.807) is 0 Å². The smallest absolute Gasteiger partial charge is 0.197 e. The molecule has 0 aromatic heterocycles. The fourth-order valence-corrected chi connectivity index (χ4v) is 5.40. The van der Waals surface area contributed by atoms with Crippen molar-refractivity contribution in [2.75, 3.05) is 31.6 Å². The summed E-state index contributed by atoms with van der Waals surface area (Å²) < 4.78 is 5.35. The maximum atomic E-state index is 13.2. The molecule has 1 aliphatic rings. The molecule has 0 aliphatic carbocycles. The van der Waals surface area contributed by atoms with Gasteiger partial charge in [0.2, 0.25) is 0 Å². The largest absolute Gasteiger partial charge is 0.489 e. The molecule has 1 aliphatic heterocycles. The standard InChI is InChI=1S/C15H18O3S4/c1-8(16)9-6-10(19-2)12-11(13(9)20-3)14(17)15(21-4,22-5)7-18-12/h6H,7H2,1-5H3. The van der Waals surface area contributed by atoms with Crippen LogP contribution in [0, 0.1) is 0 Å². The predicted octanol–water partition coefficient (Wildman–Crippen LogP) is 4.33. The number of ketones is 2. The molecular weight excluding hydrogens is 356 g/mol. The average Bonchev–Trinajstić information content (AvgIpc) is 2.54. The Morgan fingerprint density at radius 1 is 1.18 bits per heavy atom. The molecule has 0 unspecified atom stereocenters. The highest BCUT2D eigenvalue weighted by Crippen LogP contribution is 2.49. The second-order valence-corrected chi connectivity index (χ2v) is 8.83. The Balaban J connectivity index is 2.78. The Bertz CT molecular complexity index is 624. The van der Waals surface area contributed by atoms with Gasteiger partial charge < -0.3 is 4.74 Å². The molecule has 0 amide bonds. The summed E-state index contributed by atoms with van der Waals surface area (Å²) in [6.45, 7) is 1.89. The van der Waals surface area contributed by atoms with Gasteiger partial charge in [-0.3, -0.25) is 9.59 Å². The van der Waals surface area contributed by atoms with Crippen molar-refractivity contribution in [3.63, 3.8) is 0 Å². The van der Waals surface area contributed by atoms with Gasteiger partial charge in [-0.05, 0) is 38.0 Å². The number of hydrogen-bond donors (Lipinski definition) is 0. The lowest BCUT2D eigenvalue weighted by atomic mass is 9.99. The first-order valence-corrected chi connectivity index (χ1v) is 11.4. The summed E-state index contributed by atoms with van der Waals surface area (Å²) in [6, 6.07) is 1.84. The van der Waals surface area contributed by atoms with Crippen LogP contribution in [0.2, 0.25) is 0 Å². The third-order valence-electron chi connectivity index (χ3n) is 3.64. The molecule has 0 N–H and O–H groups in total. The van der Waals surface area contributed by atoms with Crippen LogP contribution in [0.4, 0.5) is 0 Å². The van der Waals surface area contributed by atoms with Gasteiger partial charge in [0.15, 0.2) is 15.6 Å². The van der Waals surface area contributed by atoms with Crippen LogP contribution in [0.5, 0.6) is 5.75 Å². The van der Waals surface area contributed by atoms with E-state index in [1.165, 1.54) is 54.0 Å². The zero-order chi connectivity index (χ0) is 16.5. The fourth-order valence-electron chi connectivity index (χ4n) is 2.41. The molecule has 1 aromatic rings. The summed E-state index contributed by atoms with van der Waals surface area (Å²) in [6.07, 6.45) is 7.66. The van der Waals surface area contributed by atoms with Gasteiger partial charge >= 0.3 is 0 Å². The minimum Gasteiger partial charge on any atom is -0.489 e. The topological polar surface area (TPSA) is 43.4 Å². The molecule has 22 heavy (non-hydrogen) atoms. The van der Waals surface area contributed by atoms with E-state index in [0.717, 1.165) is 9.79 Å². The Hall–Kier alpha value is -0.240. The van der Waals surface area contributed by atoms with E-state index in [9.17, 15) is 9.59 Å². The minimum atomic E-state index is -0.636. The van der Waals surface area contributed by atoms with Crippen LogP contribution in [0.15, 0.2) is 15.9 Å². The molecule has 120 valence electrons.